The molecule has 1 aromatic heterocycles. The smallest absolute Gasteiger partial charge is 0.251 e. The zero-order chi connectivity index (χ0) is 14.5. The summed E-state index contributed by atoms with van der Waals surface area (Å²) in [6.07, 6.45) is 4.25. The molecule has 0 spiro atoms. The quantitative estimate of drug-likeness (QED) is 0.787. The summed E-state index contributed by atoms with van der Waals surface area (Å²) >= 11 is 0. The summed E-state index contributed by atoms with van der Waals surface area (Å²) in [5.74, 6) is -0.464. The number of rotatable bonds is 6. The molecule has 106 valence electrons. The normalized spacial score (nSPS) is 10.7. The van der Waals surface area contributed by atoms with E-state index < -0.39 is 5.91 Å². The van der Waals surface area contributed by atoms with Crippen molar-refractivity contribution in [2.24, 2.45) is 5.73 Å². The van der Waals surface area contributed by atoms with E-state index in [0.717, 1.165) is 25.2 Å². The van der Waals surface area contributed by atoms with Crippen molar-refractivity contribution in [2.75, 3.05) is 6.54 Å². The molecule has 3 N–H and O–H groups in total. The number of aryl methyl sites for hydroxylation is 1. The fourth-order valence-corrected chi connectivity index (χ4v) is 2.01. The predicted molar refractivity (Wildman–Crippen MR) is 78.8 cm³/mol. The van der Waals surface area contributed by atoms with Crippen molar-refractivity contribution in [3.63, 3.8) is 0 Å². The van der Waals surface area contributed by atoms with Crippen molar-refractivity contribution >= 4 is 5.91 Å². The molecule has 0 aliphatic carbocycles. The number of nitrogens with one attached hydrogen (secondary N) is 1. The van der Waals surface area contributed by atoms with Crippen LogP contribution in [0.2, 0.25) is 0 Å². The third-order valence-electron chi connectivity index (χ3n) is 3.20. The standard InChI is InChI=1S/C15H20N4O/c1-3-6-17-8-12-4-5-14(7-11(12)2)19-10-13(9-18-19)15(16)20/h4-5,7,9-10,17H,3,6,8H2,1-2H3,(H2,16,20). The van der Waals surface area contributed by atoms with E-state index in [9.17, 15) is 4.79 Å². The van der Waals surface area contributed by atoms with Crippen LogP contribution >= 0.6 is 0 Å². The van der Waals surface area contributed by atoms with Crippen LogP contribution < -0.4 is 11.1 Å². The maximum Gasteiger partial charge on any atom is 0.251 e. The Balaban J connectivity index is 2.17. The summed E-state index contributed by atoms with van der Waals surface area (Å²) in [4.78, 5) is 11.1. The maximum absolute atomic E-state index is 11.1. The Labute approximate surface area is 118 Å². The molecule has 5 heteroatoms. The minimum Gasteiger partial charge on any atom is -0.366 e. The van der Waals surface area contributed by atoms with Crippen molar-refractivity contribution in [1.29, 1.82) is 0 Å². The molecule has 0 bridgehead atoms. The number of primary amides is 1. The molecule has 0 radical (unpaired) electrons. The molecule has 1 heterocycles. The molecule has 1 amide bonds. The van der Waals surface area contributed by atoms with Gasteiger partial charge in [-0.1, -0.05) is 13.0 Å². The Kier molecular flexibility index (Phi) is 4.53. The van der Waals surface area contributed by atoms with Gasteiger partial charge in [0.2, 0.25) is 0 Å². The highest BCUT2D eigenvalue weighted by Crippen LogP contribution is 2.15. The number of nitrogens with zero attached hydrogens (tertiary/aromatic N) is 2. The number of hydrogen-bond donors (Lipinski definition) is 2. The molecule has 0 aliphatic rings. The van der Waals surface area contributed by atoms with Crippen LogP contribution in [0, 0.1) is 6.92 Å². The number of carbonyl (C=O) groups excluding carboxylic acids is 1. The Hall–Kier alpha value is -2.14. The molecule has 0 fully saturated rings. The van der Waals surface area contributed by atoms with Crippen LogP contribution in [0.25, 0.3) is 5.69 Å². The van der Waals surface area contributed by atoms with Crippen LogP contribution in [0.5, 0.6) is 0 Å². The molecule has 0 atom stereocenters. The molecule has 1 aromatic carbocycles. The first-order valence-corrected chi connectivity index (χ1v) is 6.77. The minimum atomic E-state index is -0.464. The first kappa shape index (κ1) is 14.3. The van der Waals surface area contributed by atoms with E-state index in [4.69, 9.17) is 5.73 Å². The van der Waals surface area contributed by atoms with Gasteiger partial charge in [0.1, 0.15) is 0 Å². The summed E-state index contributed by atoms with van der Waals surface area (Å²) in [5.41, 5.74) is 9.03. The second-order valence-electron chi connectivity index (χ2n) is 4.83. The van der Waals surface area contributed by atoms with E-state index in [1.165, 1.54) is 17.3 Å². The molecule has 20 heavy (non-hydrogen) atoms. The van der Waals surface area contributed by atoms with Crippen LogP contribution in [0.3, 0.4) is 0 Å². The van der Waals surface area contributed by atoms with E-state index >= 15 is 0 Å². The summed E-state index contributed by atoms with van der Waals surface area (Å²) in [6, 6.07) is 6.13. The lowest BCUT2D eigenvalue weighted by atomic mass is 10.1. The van der Waals surface area contributed by atoms with E-state index in [0.29, 0.717) is 5.56 Å². The fraction of sp³-hybridized carbons (Fsp3) is 0.333. The van der Waals surface area contributed by atoms with Gasteiger partial charge in [-0.05, 0) is 43.1 Å². The van der Waals surface area contributed by atoms with Crippen LogP contribution in [0.4, 0.5) is 0 Å². The lowest BCUT2D eigenvalue weighted by Gasteiger charge is -2.09. The number of carbonyl (C=O) groups is 1. The fourth-order valence-electron chi connectivity index (χ4n) is 2.01. The van der Waals surface area contributed by atoms with Crippen molar-refractivity contribution < 1.29 is 4.79 Å². The van der Waals surface area contributed by atoms with Crippen LogP contribution in [0.1, 0.15) is 34.8 Å². The Morgan fingerprint density at radius 3 is 2.85 bits per heavy atom. The third kappa shape index (κ3) is 3.24. The van der Waals surface area contributed by atoms with E-state index in [1.54, 1.807) is 10.9 Å². The number of nitrogens with two attached hydrogens (primary N) is 1. The molecule has 0 saturated heterocycles. The molecule has 2 aromatic rings. The van der Waals surface area contributed by atoms with Gasteiger partial charge in [0.25, 0.3) is 5.91 Å². The van der Waals surface area contributed by atoms with Crippen LogP contribution in [-0.2, 0) is 6.54 Å². The van der Waals surface area contributed by atoms with Crippen molar-refractivity contribution in [3.05, 3.63) is 47.3 Å². The van der Waals surface area contributed by atoms with Gasteiger partial charge in [-0.3, -0.25) is 4.79 Å². The van der Waals surface area contributed by atoms with Gasteiger partial charge < -0.3 is 11.1 Å². The molecule has 5 nitrogen and oxygen atoms in total. The van der Waals surface area contributed by atoms with Gasteiger partial charge in [0, 0.05) is 12.7 Å². The van der Waals surface area contributed by atoms with Gasteiger partial charge in [-0.2, -0.15) is 5.10 Å². The van der Waals surface area contributed by atoms with Gasteiger partial charge >= 0.3 is 0 Å². The first-order chi connectivity index (χ1) is 9.61. The summed E-state index contributed by atoms with van der Waals surface area (Å²) in [7, 11) is 0. The molecule has 2 rings (SSSR count). The second kappa shape index (κ2) is 6.34. The second-order valence-corrected chi connectivity index (χ2v) is 4.83. The van der Waals surface area contributed by atoms with Crippen molar-refractivity contribution in [1.82, 2.24) is 15.1 Å². The number of aromatic nitrogens is 2. The molecular weight excluding hydrogens is 252 g/mol. The van der Waals surface area contributed by atoms with Gasteiger partial charge in [0.05, 0.1) is 17.4 Å². The van der Waals surface area contributed by atoms with Crippen molar-refractivity contribution in [3.8, 4) is 5.69 Å². The van der Waals surface area contributed by atoms with E-state index in [-0.39, 0.29) is 0 Å². The summed E-state index contributed by atoms with van der Waals surface area (Å²) in [5, 5.41) is 7.54. The highest BCUT2D eigenvalue weighted by Gasteiger charge is 2.06. The van der Waals surface area contributed by atoms with Gasteiger partial charge in [-0.25, -0.2) is 4.68 Å². The van der Waals surface area contributed by atoms with Crippen LogP contribution in [0.15, 0.2) is 30.6 Å². The average molecular weight is 272 g/mol. The molecule has 0 aliphatic heterocycles. The van der Waals surface area contributed by atoms with E-state index in [2.05, 4.69) is 36.4 Å². The Bertz CT molecular complexity index is 604. The number of amides is 1. The van der Waals surface area contributed by atoms with E-state index in [1.807, 2.05) is 6.07 Å². The lowest BCUT2D eigenvalue weighted by molar-refractivity contribution is 0.100. The average Bonchev–Trinajstić information content (AvgIpc) is 2.90. The van der Waals surface area contributed by atoms with Crippen LogP contribution in [-0.4, -0.2) is 22.2 Å². The van der Waals surface area contributed by atoms with Gasteiger partial charge in [-0.15, -0.1) is 0 Å². The molecule has 0 unspecified atom stereocenters. The Morgan fingerprint density at radius 2 is 2.25 bits per heavy atom. The SMILES string of the molecule is CCCNCc1ccc(-n2cc(C(N)=O)cn2)cc1C. The zero-order valence-corrected chi connectivity index (χ0v) is 11.9. The first-order valence-electron chi connectivity index (χ1n) is 6.77. The predicted octanol–water partition coefficient (Wildman–Crippen LogP) is 1.78. The summed E-state index contributed by atoms with van der Waals surface area (Å²) < 4.78 is 1.66. The zero-order valence-electron chi connectivity index (χ0n) is 11.9. The summed E-state index contributed by atoms with van der Waals surface area (Å²) in [6.45, 7) is 6.11. The largest absolute Gasteiger partial charge is 0.366 e. The number of benzene rings is 1. The lowest BCUT2D eigenvalue weighted by Crippen LogP contribution is -2.14. The number of hydrogen-bond acceptors (Lipinski definition) is 3. The minimum absolute atomic E-state index is 0.413. The topological polar surface area (TPSA) is 72.9 Å². The molecule has 0 saturated carbocycles. The maximum atomic E-state index is 11.1. The van der Waals surface area contributed by atoms with Gasteiger partial charge in [0.15, 0.2) is 0 Å². The highest BCUT2D eigenvalue weighted by atomic mass is 16.1. The highest BCUT2D eigenvalue weighted by molar-refractivity contribution is 5.92. The monoisotopic (exact) mass is 272 g/mol. The van der Waals surface area contributed by atoms with Crippen molar-refractivity contribution in [2.45, 2.75) is 26.8 Å². The third-order valence-corrected chi connectivity index (χ3v) is 3.20. The molecular formula is C15H20N4O. The Morgan fingerprint density at radius 1 is 1.45 bits per heavy atom.